The van der Waals surface area contributed by atoms with Crippen molar-refractivity contribution in [3.8, 4) is 11.8 Å². The third kappa shape index (κ3) is 3.99. The summed E-state index contributed by atoms with van der Waals surface area (Å²) in [7, 11) is 0. The standard InChI is InChI=1S/C16H19N3O2/c1-12-5-2-3-8-19(12)11-13(10-17)16(21)18-14-6-4-7-15(20)9-14/h4,6-7,9,11-12,20H,2-3,5,8H2,1H3,(H,18,21)/b13-11-. The molecule has 1 heterocycles. The van der Waals surface area contributed by atoms with Crippen LogP contribution in [0.4, 0.5) is 5.69 Å². The SMILES string of the molecule is CC1CCCCN1/C=C(/C#N)C(=O)Nc1cccc(O)c1. The highest BCUT2D eigenvalue weighted by Crippen LogP contribution is 2.19. The number of phenolic OH excluding ortho intramolecular Hbond substituents is 1. The molecule has 1 aliphatic heterocycles. The molecule has 110 valence electrons. The van der Waals surface area contributed by atoms with Crippen LogP contribution in [0.5, 0.6) is 5.75 Å². The third-order valence-corrected chi connectivity index (χ3v) is 3.62. The minimum Gasteiger partial charge on any atom is -0.508 e. The number of carbonyl (C=O) groups excluding carboxylic acids is 1. The summed E-state index contributed by atoms with van der Waals surface area (Å²) < 4.78 is 0. The number of piperidine rings is 1. The lowest BCUT2D eigenvalue weighted by atomic mass is 10.0. The molecular formula is C16H19N3O2. The molecule has 21 heavy (non-hydrogen) atoms. The zero-order valence-electron chi connectivity index (χ0n) is 12.0. The van der Waals surface area contributed by atoms with Crippen LogP contribution in [0.3, 0.4) is 0 Å². The quantitative estimate of drug-likeness (QED) is 0.661. The Morgan fingerprint density at radius 3 is 3.00 bits per heavy atom. The van der Waals surface area contributed by atoms with Crippen molar-refractivity contribution in [3.05, 3.63) is 36.0 Å². The Hall–Kier alpha value is -2.48. The van der Waals surface area contributed by atoms with E-state index in [1.54, 1.807) is 18.3 Å². The lowest BCUT2D eigenvalue weighted by molar-refractivity contribution is -0.112. The van der Waals surface area contributed by atoms with Crippen LogP contribution in [0.1, 0.15) is 26.2 Å². The Balaban J connectivity index is 2.09. The molecule has 1 atom stereocenters. The molecule has 2 rings (SSSR count). The molecule has 0 aromatic heterocycles. The number of nitriles is 1. The van der Waals surface area contributed by atoms with Gasteiger partial charge in [-0.15, -0.1) is 0 Å². The zero-order chi connectivity index (χ0) is 15.2. The van der Waals surface area contributed by atoms with Gasteiger partial charge in [0.05, 0.1) is 0 Å². The number of benzene rings is 1. The zero-order valence-corrected chi connectivity index (χ0v) is 12.0. The first-order valence-electron chi connectivity index (χ1n) is 7.08. The predicted molar refractivity (Wildman–Crippen MR) is 80.5 cm³/mol. The van der Waals surface area contributed by atoms with Gasteiger partial charge in [-0.1, -0.05) is 6.07 Å². The molecule has 5 nitrogen and oxygen atoms in total. The second-order valence-corrected chi connectivity index (χ2v) is 5.24. The number of likely N-dealkylation sites (tertiary alicyclic amines) is 1. The van der Waals surface area contributed by atoms with Crippen LogP contribution < -0.4 is 5.32 Å². The van der Waals surface area contributed by atoms with E-state index in [0.717, 1.165) is 19.4 Å². The van der Waals surface area contributed by atoms with E-state index in [0.29, 0.717) is 11.7 Å². The Morgan fingerprint density at radius 2 is 2.33 bits per heavy atom. The van der Waals surface area contributed by atoms with Crippen molar-refractivity contribution in [3.63, 3.8) is 0 Å². The van der Waals surface area contributed by atoms with E-state index in [9.17, 15) is 15.2 Å². The van der Waals surface area contributed by atoms with Crippen LogP contribution in [-0.2, 0) is 4.79 Å². The molecule has 2 N–H and O–H groups in total. The van der Waals surface area contributed by atoms with Gasteiger partial charge in [0, 0.05) is 30.5 Å². The molecule has 5 heteroatoms. The first-order valence-corrected chi connectivity index (χ1v) is 7.08. The van der Waals surface area contributed by atoms with Crippen LogP contribution >= 0.6 is 0 Å². The van der Waals surface area contributed by atoms with E-state index in [1.807, 2.05) is 11.0 Å². The summed E-state index contributed by atoms with van der Waals surface area (Å²) in [6.45, 7) is 2.96. The van der Waals surface area contributed by atoms with E-state index < -0.39 is 5.91 Å². The molecule has 1 saturated heterocycles. The fraction of sp³-hybridized carbons (Fsp3) is 0.375. The maximum absolute atomic E-state index is 12.1. The van der Waals surface area contributed by atoms with E-state index >= 15 is 0 Å². The minimum atomic E-state index is -0.458. The third-order valence-electron chi connectivity index (χ3n) is 3.62. The van der Waals surface area contributed by atoms with Crippen molar-refractivity contribution in [1.29, 1.82) is 5.26 Å². The predicted octanol–water partition coefficient (Wildman–Crippen LogP) is 2.61. The fourth-order valence-corrected chi connectivity index (χ4v) is 2.40. The van der Waals surface area contributed by atoms with Crippen LogP contribution in [0.2, 0.25) is 0 Å². The van der Waals surface area contributed by atoms with Crippen LogP contribution in [0, 0.1) is 11.3 Å². The Labute approximate surface area is 124 Å². The summed E-state index contributed by atoms with van der Waals surface area (Å²) in [5.74, 6) is -0.388. The maximum Gasteiger partial charge on any atom is 0.267 e. The average Bonchev–Trinajstić information content (AvgIpc) is 2.46. The second-order valence-electron chi connectivity index (χ2n) is 5.24. The molecule has 1 aromatic carbocycles. The molecule has 1 aromatic rings. The van der Waals surface area contributed by atoms with Crippen molar-refractivity contribution in [1.82, 2.24) is 4.90 Å². The number of carbonyl (C=O) groups is 1. The van der Waals surface area contributed by atoms with Crippen LogP contribution in [0.15, 0.2) is 36.0 Å². The fourth-order valence-electron chi connectivity index (χ4n) is 2.40. The smallest absolute Gasteiger partial charge is 0.267 e. The molecular weight excluding hydrogens is 266 g/mol. The van der Waals surface area contributed by atoms with Crippen molar-refractivity contribution >= 4 is 11.6 Å². The summed E-state index contributed by atoms with van der Waals surface area (Å²) in [6.07, 6.45) is 4.97. The molecule has 1 amide bonds. The molecule has 1 fully saturated rings. The van der Waals surface area contributed by atoms with Gasteiger partial charge in [-0.25, -0.2) is 0 Å². The molecule has 0 aliphatic carbocycles. The molecule has 0 spiro atoms. The van der Waals surface area contributed by atoms with Gasteiger partial charge >= 0.3 is 0 Å². The highest BCUT2D eigenvalue weighted by Gasteiger charge is 2.18. The van der Waals surface area contributed by atoms with Gasteiger partial charge in [0.1, 0.15) is 17.4 Å². The van der Waals surface area contributed by atoms with Crippen molar-refractivity contribution in [2.24, 2.45) is 0 Å². The van der Waals surface area contributed by atoms with Gasteiger partial charge in [-0.3, -0.25) is 4.79 Å². The molecule has 1 unspecified atom stereocenters. The van der Waals surface area contributed by atoms with Gasteiger partial charge in [0.25, 0.3) is 5.91 Å². The van der Waals surface area contributed by atoms with E-state index in [-0.39, 0.29) is 11.3 Å². The number of phenols is 1. The highest BCUT2D eigenvalue weighted by atomic mass is 16.3. The lowest BCUT2D eigenvalue weighted by Crippen LogP contribution is -2.34. The van der Waals surface area contributed by atoms with Gasteiger partial charge in [-0.05, 0) is 38.3 Å². The number of hydrogen-bond acceptors (Lipinski definition) is 4. The highest BCUT2D eigenvalue weighted by molar-refractivity contribution is 6.06. The van der Waals surface area contributed by atoms with Gasteiger partial charge in [-0.2, -0.15) is 5.26 Å². The van der Waals surface area contributed by atoms with Crippen LogP contribution in [0.25, 0.3) is 0 Å². The summed E-state index contributed by atoms with van der Waals surface area (Å²) >= 11 is 0. The normalized spacial score (nSPS) is 19.0. The van der Waals surface area contributed by atoms with Crippen molar-refractivity contribution in [2.75, 3.05) is 11.9 Å². The number of nitrogens with one attached hydrogen (secondary N) is 1. The van der Waals surface area contributed by atoms with E-state index in [1.165, 1.54) is 18.6 Å². The summed E-state index contributed by atoms with van der Waals surface area (Å²) in [6, 6.07) is 8.55. The number of hydrogen-bond donors (Lipinski definition) is 2. The number of aromatic hydroxyl groups is 1. The van der Waals surface area contributed by atoms with Gasteiger partial charge < -0.3 is 15.3 Å². The molecule has 1 aliphatic rings. The average molecular weight is 285 g/mol. The monoisotopic (exact) mass is 285 g/mol. The maximum atomic E-state index is 12.1. The summed E-state index contributed by atoms with van der Waals surface area (Å²) in [5.41, 5.74) is 0.542. The van der Waals surface area contributed by atoms with E-state index in [2.05, 4.69) is 12.2 Å². The molecule has 0 radical (unpaired) electrons. The van der Waals surface area contributed by atoms with Gasteiger partial charge in [0.2, 0.25) is 0 Å². The Bertz CT molecular complexity index is 589. The van der Waals surface area contributed by atoms with Crippen molar-refractivity contribution < 1.29 is 9.90 Å². The summed E-state index contributed by atoms with van der Waals surface area (Å²) in [5, 5.41) is 21.2. The first-order chi connectivity index (χ1) is 10.1. The first kappa shape index (κ1) is 14.9. The lowest BCUT2D eigenvalue weighted by Gasteiger charge is -2.32. The number of rotatable bonds is 3. The second kappa shape index (κ2) is 6.80. The number of nitrogens with zero attached hydrogens (tertiary/aromatic N) is 2. The van der Waals surface area contributed by atoms with E-state index in [4.69, 9.17) is 0 Å². The van der Waals surface area contributed by atoms with Crippen LogP contribution in [-0.4, -0.2) is 28.5 Å². The largest absolute Gasteiger partial charge is 0.508 e. The molecule has 0 saturated carbocycles. The summed E-state index contributed by atoms with van der Waals surface area (Å²) in [4.78, 5) is 14.2. The minimum absolute atomic E-state index is 0.0694. The topological polar surface area (TPSA) is 76.4 Å². The number of anilines is 1. The Kier molecular flexibility index (Phi) is 4.83. The van der Waals surface area contributed by atoms with Gasteiger partial charge in [0.15, 0.2) is 0 Å². The number of amides is 1. The van der Waals surface area contributed by atoms with Crippen molar-refractivity contribution in [2.45, 2.75) is 32.2 Å². The molecule has 0 bridgehead atoms. The Morgan fingerprint density at radius 1 is 1.52 bits per heavy atom.